The number of methoxy groups -OCH3 is 1. The summed E-state index contributed by atoms with van der Waals surface area (Å²) in [6, 6.07) is 100. The molecule has 0 saturated heterocycles. The van der Waals surface area contributed by atoms with Crippen LogP contribution in [0.25, 0.3) is 76.3 Å². The second-order valence-corrected chi connectivity index (χ2v) is 35.6. The first-order chi connectivity index (χ1) is 69.3. The largest absolute Gasteiger partial charge is 0.496 e. The third-order valence-electron chi connectivity index (χ3n) is 24.8. The second kappa shape index (κ2) is 45.2. The monoisotopic (exact) mass is 1910 g/mol. The van der Waals surface area contributed by atoms with Gasteiger partial charge < -0.3 is 76.8 Å². The number of rotatable bonds is 15. The number of hydrogen-bond acceptors (Lipinski definition) is 8. The Hall–Kier alpha value is -18.2. The fourth-order valence-electron chi connectivity index (χ4n) is 16.7. The highest BCUT2D eigenvalue weighted by molar-refractivity contribution is 6.12. The van der Waals surface area contributed by atoms with E-state index in [1.807, 2.05) is 358 Å². The van der Waals surface area contributed by atoms with Crippen molar-refractivity contribution < 1.29 is 47.1 Å². The molecule has 724 valence electrons. The number of carbonyl (C=O) groups is 7. The van der Waals surface area contributed by atoms with Gasteiger partial charge in [-0.1, -0.05) is 193 Å². The molecule has 0 aliphatic carbocycles. The van der Waals surface area contributed by atoms with E-state index in [4.69, 9.17) is 4.74 Å². The minimum Gasteiger partial charge on any atom is -0.496 e. The highest BCUT2D eigenvalue weighted by Crippen LogP contribution is 2.33. The van der Waals surface area contributed by atoms with Crippen LogP contribution in [0.4, 0.5) is 48.6 Å². The molecule has 0 fully saturated rings. The van der Waals surface area contributed by atoms with Gasteiger partial charge in [0.1, 0.15) is 57.2 Å². The number of amides is 7. The van der Waals surface area contributed by atoms with Gasteiger partial charge in [-0.15, -0.1) is 0 Å². The van der Waals surface area contributed by atoms with Crippen molar-refractivity contribution >= 4 is 157 Å². The van der Waals surface area contributed by atoms with Crippen LogP contribution in [0.3, 0.4) is 0 Å². The number of H-pyrrole nitrogens is 7. The molecule has 7 aromatic heterocycles. The first-order valence-corrected chi connectivity index (χ1v) is 46.9. The number of benzene rings is 14. The van der Waals surface area contributed by atoms with Crippen LogP contribution in [0.15, 0.2) is 322 Å². The van der Waals surface area contributed by atoms with Crippen LogP contribution in [0.1, 0.15) is 151 Å². The normalized spacial score (nSPS) is 10.7. The van der Waals surface area contributed by atoms with E-state index >= 15 is 0 Å². The lowest BCUT2D eigenvalue weighted by atomic mass is 10.1. The fraction of sp³-hybridized carbons (Fsp3) is 0.125. The van der Waals surface area contributed by atoms with Crippen molar-refractivity contribution in [1.29, 1.82) is 0 Å². The molecule has 0 radical (unpaired) electrons. The van der Waals surface area contributed by atoms with Crippen molar-refractivity contribution in [3.8, 4) is 5.75 Å². The maximum absolute atomic E-state index is 13.7. The smallest absolute Gasteiger partial charge is 0.272 e. The SMILES string of the molecule is COc1cccc2[nH]c(C(=O)Nc3ccccc3C)cc12.Cc1ccc2[nH]c(C(=O)Nc3c(C)cccc3C)cc2c1.Cc1ccc2[nH]c(C(=O)Nc3ccccc3C)cc2c1.Cc1cccc(C)c1NC(=O)c1cc2c(C)cccc2[nH]1.Cc1cccc(C)c1NC(=O)c1cc2c(F)cccc2[nH]1.Cc1ccccc1NC(=O)c1cc2c(C)cccc2[nH]1.Cc1ccccc1NC(=O)c1cc2c(F)cccc2[nH]1. The number of halogens is 2. The van der Waals surface area contributed by atoms with Gasteiger partial charge in [-0.05, 0) is 303 Å². The van der Waals surface area contributed by atoms with E-state index in [2.05, 4.69) is 84.2 Å². The zero-order chi connectivity index (χ0) is 102. The summed E-state index contributed by atoms with van der Waals surface area (Å²) >= 11 is 0. The van der Waals surface area contributed by atoms with Crippen LogP contribution in [0.5, 0.6) is 5.75 Å². The van der Waals surface area contributed by atoms with Gasteiger partial charge in [-0.25, -0.2) is 8.78 Å². The molecule has 22 nitrogen and oxygen atoms in total. The summed E-state index contributed by atoms with van der Waals surface area (Å²) in [5, 5.41) is 26.5. The average Bonchev–Trinajstić information content (AvgIpc) is 1.71. The number of carbonyl (C=O) groups excluding carboxylic acids is 7. The number of fused-ring (bicyclic) bond motifs is 7. The van der Waals surface area contributed by atoms with E-state index in [0.29, 0.717) is 61.7 Å². The van der Waals surface area contributed by atoms with Crippen LogP contribution >= 0.6 is 0 Å². The molecular weight excluding hydrogens is 1800 g/mol. The number of aromatic nitrogens is 7. The topological polar surface area (TPSA) is 323 Å². The van der Waals surface area contributed by atoms with Crippen LogP contribution in [-0.4, -0.2) is 83.3 Å². The molecule has 0 spiro atoms. The van der Waals surface area contributed by atoms with E-state index in [9.17, 15) is 42.3 Å². The van der Waals surface area contributed by atoms with E-state index < -0.39 is 0 Å². The van der Waals surface area contributed by atoms with Crippen molar-refractivity contribution in [1.82, 2.24) is 34.9 Å². The molecule has 0 bridgehead atoms. The van der Waals surface area contributed by atoms with E-state index in [0.717, 1.165) is 167 Å². The van der Waals surface area contributed by atoms with Gasteiger partial charge >= 0.3 is 0 Å². The Kier molecular flexibility index (Phi) is 31.4. The highest BCUT2D eigenvalue weighted by atomic mass is 19.1. The quantitative estimate of drug-likeness (QED) is 0.0467. The first kappa shape index (κ1) is 100. The molecule has 0 atom stereocenters. The summed E-state index contributed by atoms with van der Waals surface area (Å²) in [6.45, 7) is 27.9. The number of aryl methyl sites for hydroxylation is 14. The first-order valence-electron chi connectivity index (χ1n) is 46.9. The van der Waals surface area contributed by atoms with Crippen molar-refractivity contribution in [2.24, 2.45) is 0 Å². The average molecular weight is 1920 g/mol. The van der Waals surface area contributed by atoms with Gasteiger partial charge in [0.2, 0.25) is 0 Å². The minimum atomic E-state index is -0.339. The lowest BCUT2D eigenvalue weighted by Crippen LogP contribution is -2.14. The molecule has 21 rings (SSSR count). The molecule has 24 heteroatoms. The van der Waals surface area contributed by atoms with Crippen molar-refractivity contribution in [3.05, 3.63) is 451 Å². The molecule has 7 amide bonds. The molecule has 14 aromatic carbocycles. The Morgan fingerprint density at radius 2 is 0.431 bits per heavy atom. The van der Waals surface area contributed by atoms with Gasteiger partial charge in [0, 0.05) is 116 Å². The third-order valence-corrected chi connectivity index (χ3v) is 24.8. The molecule has 144 heavy (non-hydrogen) atoms. The molecule has 0 aliphatic rings. The zero-order valence-corrected chi connectivity index (χ0v) is 82.6. The molecule has 7 heterocycles. The van der Waals surface area contributed by atoms with Crippen molar-refractivity contribution in [3.63, 3.8) is 0 Å². The number of nitrogens with one attached hydrogen (secondary N) is 14. The molecule has 0 aliphatic heterocycles. The van der Waals surface area contributed by atoms with Crippen molar-refractivity contribution in [2.45, 2.75) is 96.9 Å². The lowest BCUT2D eigenvalue weighted by molar-refractivity contribution is 0.101. The predicted octanol–water partition coefficient (Wildman–Crippen LogP) is 28.5. The van der Waals surface area contributed by atoms with Crippen LogP contribution < -0.4 is 42.0 Å². The van der Waals surface area contributed by atoms with Gasteiger partial charge in [0.05, 0.1) is 7.11 Å². The molecule has 0 unspecified atom stereocenters. The number of ether oxygens (including phenoxy) is 1. The van der Waals surface area contributed by atoms with Gasteiger partial charge in [0.25, 0.3) is 41.4 Å². The Morgan fingerprint density at radius 1 is 0.208 bits per heavy atom. The summed E-state index contributed by atoms with van der Waals surface area (Å²) < 4.78 is 32.6. The maximum Gasteiger partial charge on any atom is 0.272 e. The molecule has 0 saturated carbocycles. The standard InChI is InChI=1S/2C18H18N2O.C17H15FN2O.C17H16N2O2.2C17H16N2O.C16H13FN2O/c1-11-6-5-9-15-14(11)10-16(19-15)18(21)20-17-12(2)7-4-8-13(17)3;1-11-7-8-15-14(9-11)10-16(19-15)18(21)20-17-12(2)5-4-6-13(17)3;1-10-5-3-6-11(2)16(10)20-17(21)15-9-12-13(18)7-4-8-14(12)19-15;1-11-6-3-4-7-13(11)19-17(20)15-10-12-14(18-15)8-5-9-16(12)21-2;1-11-7-5-9-15-13(11)10-16(18-15)17(20)19-14-8-4-3-6-12(14)2;1-11-7-8-15-13(9-11)10-16(18-15)17(20)19-14-6-4-3-5-12(14)2;1-10-5-2-3-7-13(10)19-16(20)15-9-11-12(17)6-4-8-14(11)18-15/h2*4-10,19H,1-3H3,(H,20,21);3-9,19H,1-2H3,(H,20,21);3-10,18H,1-2H3,(H,19,20);2*3-10,18H,1-2H3,(H,19,20);2-9,18H,1H3,(H,19,20). The summed E-state index contributed by atoms with van der Waals surface area (Å²) in [6.07, 6.45) is 0. The predicted molar refractivity (Wildman–Crippen MR) is 582 cm³/mol. The zero-order valence-electron chi connectivity index (χ0n) is 82.6. The van der Waals surface area contributed by atoms with Gasteiger partial charge in [0.15, 0.2) is 0 Å². The Labute approximate surface area is 832 Å². The van der Waals surface area contributed by atoms with E-state index in [1.165, 1.54) is 35.4 Å². The Bertz CT molecular complexity index is 8050. The van der Waals surface area contributed by atoms with Crippen LogP contribution in [-0.2, 0) is 0 Å². The number of aromatic amines is 7. The molecule has 14 N–H and O–H groups in total. The van der Waals surface area contributed by atoms with Crippen molar-refractivity contribution in [2.75, 3.05) is 44.3 Å². The minimum absolute atomic E-state index is 0.108. The van der Waals surface area contributed by atoms with Gasteiger partial charge in [-0.2, -0.15) is 0 Å². The number of hydrogen-bond donors (Lipinski definition) is 14. The summed E-state index contributed by atoms with van der Waals surface area (Å²) in [5.41, 5.74) is 30.4. The molecular formula is C120H112F2N14O8. The second-order valence-electron chi connectivity index (χ2n) is 35.6. The van der Waals surface area contributed by atoms with E-state index in [-0.39, 0.29) is 53.0 Å². The highest BCUT2D eigenvalue weighted by Gasteiger charge is 2.22. The van der Waals surface area contributed by atoms with E-state index in [1.54, 1.807) is 31.4 Å². The van der Waals surface area contributed by atoms with Crippen LogP contribution in [0, 0.1) is 109 Å². The summed E-state index contributed by atoms with van der Waals surface area (Å²) in [5.74, 6) is -1.10. The van der Waals surface area contributed by atoms with Gasteiger partial charge in [-0.3, -0.25) is 33.6 Å². The summed E-state index contributed by atoms with van der Waals surface area (Å²) in [7, 11) is 1.62. The molecule has 21 aromatic rings. The Morgan fingerprint density at radius 3 is 0.715 bits per heavy atom. The maximum atomic E-state index is 13.7. The third kappa shape index (κ3) is 24.2. The fourth-order valence-corrected chi connectivity index (χ4v) is 16.7. The number of para-hydroxylation sites is 7. The Balaban J connectivity index is 0.000000126. The van der Waals surface area contributed by atoms with Crippen LogP contribution in [0.2, 0.25) is 0 Å². The number of anilines is 7. The lowest BCUT2D eigenvalue weighted by Gasteiger charge is -2.10. The summed E-state index contributed by atoms with van der Waals surface area (Å²) in [4.78, 5) is 108.